The summed E-state index contributed by atoms with van der Waals surface area (Å²) in [7, 11) is 0. The SMILES string of the molecule is Cc1cc2nnn(-c3nnc(-c4ccccc4)c4ccccc34)c2cc1C. The first-order valence-electron chi connectivity index (χ1n) is 8.86. The predicted molar refractivity (Wildman–Crippen MR) is 107 cm³/mol. The molecule has 0 bridgehead atoms. The van der Waals surface area contributed by atoms with Gasteiger partial charge in [-0.1, -0.05) is 59.8 Å². The quantitative estimate of drug-likeness (QED) is 0.465. The number of benzene rings is 3. The van der Waals surface area contributed by atoms with Crippen LogP contribution in [0, 0.1) is 13.8 Å². The van der Waals surface area contributed by atoms with Crippen LogP contribution in [-0.4, -0.2) is 25.2 Å². The highest BCUT2D eigenvalue weighted by molar-refractivity contribution is 5.98. The van der Waals surface area contributed by atoms with Crippen molar-refractivity contribution in [2.24, 2.45) is 0 Å². The second kappa shape index (κ2) is 5.99. The van der Waals surface area contributed by atoms with E-state index in [1.54, 1.807) is 4.68 Å². The largest absolute Gasteiger partial charge is 0.192 e. The van der Waals surface area contributed by atoms with E-state index in [0.29, 0.717) is 5.82 Å². The van der Waals surface area contributed by atoms with Crippen molar-refractivity contribution in [1.82, 2.24) is 25.2 Å². The molecule has 27 heavy (non-hydrogen) atoms. The minimum atomic E-state index is 0.691. The summed E-state index contributed by atoms with van der Waals surface area (Å²) in [5, 5.41) is 19.8. The molecule has 0 aliphatic heterocycles. The highest BCUT2D eigenvalue weighted by Crippen LogP contribution is 2.30. The Morgan fingerprint density at radius 3 is 2.22 bits per heavy atom. The van der Waals surface area contributed by atoms with E-state index in [1.807, 2.05) is 42.5 Å². The maximum Gasteiger partial charge on any atom is 0.185 e. The molecule has 0 atom stereocenters. The van der Waals surface area contributed by atoms with Crippen LogP contribution in [-0.2, 0) is 0 Å². The highest BCUT2D eigenvalue weighted by atomic mass is 15.5. The summed E-state index contributed by atoms with van der Waals surface area (Å²) in [4.78, 5) is 0. The summed E-state index contributed by atoms with van der Waals surface area (Å²) < 4.78 is 1.78. The molecule has 0 amide bonds. The molecule has 0 spiro atoms. The van der Waals surface area contributed by atoms with E-state index in [9.17, 15) is 0 Å². The molecule has 3 aromatic carbocycles. The van der Waals surface area contributed by atoms with Gasteiger partial charge in [0.25, 0.3) is 0 Å². The second-order valence-electron chi connectivity index (χ2n) is 6.71. The molecular weight excluding hydrogens is 334 g/mol. The van der Waals surface area contributed by atoms with Crippen LogP contribution in [0.1, 0.15) is 11.1 Å². The number of hydrogen-bond donors (Lipinski definition) is 0. The fourth-order valence-electron chi connectivity index (χ4n) is 3.39. The maximum atomic E-state index is 4.54. The Morgan fingerprint density at radius 2 is 1.41 bits per heavy atom. The van der Waals surface area contributed by atoms with Gasteiger partial charge >= 0.3 is 0 Å². The molecule has 0 saturated carbocycles. The summed E-state index contributed by atoms with van der Waals surface area (Å²) in [6.07, 6.45) is 0. The summed E-state index contributed by atoms with van der Waals surface area (Å²) in [6.45, 7) is 4.17. The van der Waals surface area contributed by atoms with Crippen LogP contribution < -0.4 is 0 Å². The fourth-order valence-corrected chi connectivity index (χ4v) is 3.39. The first kappa shape index (κ1) is 15.6. The lowest BCUT2D eigenvalue weighted by Crippen LogP contribution is -2.04. The average Bonchev–Trinajstić information content (AvgIpc) is 3.10. The summed E-state index contributed by atoms with van der Waals surface area (Å²) >= 11 is 0. The van der Waals surface area contributed by atoms with Crippen molar-refractivity contribution in [2.45, 2.75) is 13.8 Å². The van der Waals surface area contributed by atoms with Gasteiger partial charge in [0.1, 0.15) is 11.2 Å². The van der Waals surface area contributed by atoms with Gasteiger partial charge < -0.3 is 0 Å². The Bertz CT molecular complexity index is 1290. The van der Waals surface area contributed by atoms with E-state index in [-0.39, 0.29) is 0 Å². The molecule has 5 heteroatoms. The fraction of sp³-hybridized carbons (Fsp3) is 0.0909. The first-order valence-corrected chi connectivity index (χ1v) is 8.86. The van der Waals surface area contributed by atoms with Crippen molar-refractivity contribution < 1.29 is 0 Å². The number of nitrogens with zero attached hydrogens (tertiary/aromatic N) is 5. The Labute approximate surface area is 156 Å². The van der Waals surface area contributed by atoms with E-state index in [4.69, 9.17) is 0 Å². The van der Waals surface area contributed by atoms with Gasteiger partial charge in [0.15, 0.2) is 5.82 Å². The van der Waals surface area contributed by atoms with Crippen molar-refractivity contribution in [3.63, 3.8) is 0 Å². The van der Waals surface area contributed by atoms with E-state index in [1.165, 1.54) is 11.1 Å². The van der Waals surface area contributed by atoms with Gasteiger partial charge in [-0.15, -0.1) is 15.3 Å². The topological polar surface area (TPSA) is 56.5 Å². The van der Waals surface area contributed by atoms with E-state index < -0.39 is 0 Å². The third kappa shape index (κ3) is 2.47. The smallest absolute Gasteiger partial charge is 0.185 e. The molecule has 0 fully saturated rings. The molecule has 5 aromatic rings. The van der Waals surface area contributed by atoms with Crippen molar-refractivity contribution in [3.05, 3.63) is 77.9 Å². The molecule has 5 rings (SSSR count). The van der Waals surface area contributed by atoms with Gasteiger partial charge in [-0.3, -0.25) is 0 Å². The first-order chi connectivity index (χ1) is 13.2. The third-order valence-corrected chi connectivity index (χ3v) is 4.98. The molecule has 2 aromatic heterocycles. The minimum Gasteiger partial charge on any atom is -0.192 e. The van der Waals surface area contributed by atoms with Crippen molar-refractivity contribution >= 4 is 21.8 Å². The van der Waals surface area contributed by atoms with Crippen LogP contribution in [0.3, 0.4) is 0 Å². The van der Waals surface area contributed by atoms with Crippen molar-refractivity contribution in [1.29, 1.82) is 0 Å². The zero-order valence-corrected chi connectivity index (χ0v) is 15.1. The van der Waals surface area contributed by atoms with Crippen LogP contribution in [0.15, 0.2) is 66.7 Å². The van der Waals surface area contributed by atoms with Crippen LogP contribution >= 0.6 is 0 Å². The number of fused-ring (bicyclic) bond motifs is 2. The lowest BCUT2D eigenvalue weighted by molar-refractivity contribution is 0.790. The van der Waals surface area contributed by atoms with E-state index >= 15 is 0 Å². The van der Waals surface area contributed by atoms with Gasteiger partial charge in [-0.05, 0) is 37.1 Å². The Morgan fingerprint density at radius 1 is 0.704 bits per heavy atom. The van der Waals surface area contributed by atoms with Crippen molar-refractivity contribution in [2.75, 3.05) is 0 Å². The highest BCUT2D eigenvalue weighted by Gasteiger charge is 2.15. The van der Waals surface area contributed by atoms with Gasteiger partial charge in [0.2, 0.25) is 0 Å². The van der Waals surface area contributed by atoms with Crippen LogP contribution in [0.5, 0.6) is 0 Å². The maximum absolute atomic E-state index is 4.54. The number of aryl methyl sites for hydroxylation is 2. The zero-order valence-electron chi connectivity index (χ0n) is 15.1. The molecule has 5 nitrogen and oxygen atoms in total. The van der Waals surface area contributed by atoms with Gasteiger partial charge in [0.05, 0.1) is 5.52 Å². The zero-order chi connectivity index (χ0) is 18.4. The Balaban J connectivity index is 1.80. The average molecular weight is 351 g/mol. The van der Waals surface area contributed by atoms with E-state index in [0.717, 1.165) is 33.1 Å². The molecule has 0 saturated heterocycles. The molecular formula is C22H17N5. The van der Waals surface area contributed by atoms with Crippen LogP contribution in [0.2, 0.25) is 0 Å². The van der Waals surface area contributed by atoms with Gasteiger partial charge in [-0.2, -0.15) is 4.68 Å². The second-order valence-corrected chi connectivity index (χ2v) is 6.71. The minimum absolute atomic E-state index is 0.691. The number of aromatic nitrogens is 5. The molecule has 2 heterocycles. The summed E-state index contributed by atoms with van der Waals surface area (Å²) in [5.41, 5.74) is 6.10. The summed E-state index contributed by atoms with van der Waals surface area (Å²) in [5.74, 6) is 0.691. The van der Waals surface area contributed by atoms with Crippen LogP contribution in [0.25, 0.3) is 38.9 Å². The van der Waals surface area contributed by atoms with Gasteiger partial charge in [-0.25, -0.2) is 0 Å². The Kier molecular flexibility index (Phi) is 3.47. The lowest BCUT2D eigenvalue weighted by atomic mass is 10.0. The molecule has 0 unspecified atom stereocenters. The third-order valence-electron chi connectivity index (χ3n) is 4.98. The number of rotatable bonds is 2. The Hall–Kier alpha value is -3.60. The number of hydrogen-bond acceptors (Lipinski definition) is 4. The molecule has 0 aliphatic carbocycles. The summed E-state index contributed by atoms with van der Waals surface area (Å²) in [6, 6.07) is 22.4. The van der Waals surface area contributed by atoms with Gasteiger partial charge in [0, 0.05) is 16.3 Å². The molecule has 0 N–H and O–H groups in total. The molecule has 0 aliphatic rings. The van der Waals surface area contributed by atoms with Crippen LogP contribution in [0.4, 0.5) is 0 Å². The normalized spacial score (nSPS) is 11.3. The van der Waals surface area contributed by atoms with Crippen molar-refractivity contribution in [3.8, 4) is 17.1 Å². The van der Waals surface area contributed by atoms with E-state index in [2.05, 4.69) is 58.6 Å². The lowest BCUT2D eigenvalue weighted by Gasteiger charge is -2.10. The molecule has 0 radical (unpaired) electrons. The molecule has 130 valence electrons. The predicted octanol–water partition coefficient (Wildman–Crippen LogP) is 4.65. The monoisotopic (exact) mass is 351 g/mol. The standard InChI is InChI=1S/C22H17N5/c1-14-12-19-20(13-15(14)2)27(26-23-19)22-18-11-7-6-10-17(18)21(24-25-22)16-8-4-3-5-9-16/h3-13H,1-2H3.